The maximum absolute atomic E-state index is 11.1. The molecule has 3 N–H and O–H groups in total. The third-order valence-corrected chi connectivity index (χ3v) is 3.44. The number of hydrogen-bond acceptors (Lipinski definition) is 2. The van der Waals surface area contributed by atoms with E-state index in [0.29, 0.717) is 5.82 Å². The lowest BCUT2D eigenvalue weighted by molar-refractivity contribution is -0.685. The maximum atomic E-state index is 11.1. The predicted octanol–water partition coefficient (Wildman–Crippen LogP) is 1.31. The number of aromatic amines is 1. The number of nitrogens with one attached hydrogen (secondary N) is 1. The van der Waals surface area contributed by atoms with Crippen molar-refractivity contribution in [1.82, 2.24) is 4.98 Å². The van der Waals surface area contributed by atoms with Crippen LogP contribution in [0.1, 0.15) is 27.4 Å². The smallest absolute Gasteiger partial charge is 0.335 e. The molecule has 2 aromatic rings. The molecule has 0 amide bonds. The Morgan fingerprint density at radius 1 is 1.37 bits per heavy atom. The summed E-state index contributed by atoms with van der Waals surface area (Å²) in [5.74, 6) is -0.259. The van der Waals surface area contributed by atoms with E-state index in [1.165, 1.54) is 0 Å². The van der Waals surface area contributed by atoms with Crippen molar-refractivity contribution >= 4 is 5.97 Å². The van der Waals surface area contributed by atoms with Crippen LogP contribution in [0, 0.1) is 13.8 Å². The van der Waals surface area contributed by atoms with Crippen LogP contribution in [-0.2, 0) is 13.7 Å². The number of aryl methyl sites for hydroxylation is 1. The van der Waals surface area contributed by atoms with Crippen LogP contribution in [0.2, 0.25) is 0 Å². The van der Waals surface area contributed by atoms with E-state index in [0.717, 1.165) is 22.5 Å². The number of aromatic nitrogens is 2. The summed E-state index contributed by atoms with van der Waals surface area (Å²) in [6, 6.07) is 5.03. The molecule has 1 heterocycles. The highest BCUT2D eigenvalue weighted by atomic mass is 16.4. The molecule has 5 nitrogen and oxygen atoms in total. The van der Waals surface area contributed by atoms with Crippen molar-refractivity contribution in [3.63, 3.8) is 0 Å². The molecular weight excluding hydrogens is 244 g/mol. The maximum Gasteiger partial charge on any atom is 0.335 e. The van der Waals surface area contributed by atoms with Gasteiger partial charge in [-0.3, -0.25) is 0 Å². The Bertz CT molecular complexity index is 644. The standard InChI is InChI=1S/C14H16N2O3/c1-8-4-5-10(14(18)19)6-11(8)13-9(2)16(3)12(7-17)15-13/h4-6,17H,7H2,1-3H3,(H,18,19)/p+1. The zero-order chi connectivity index (χ0) is 14.2. The van der Waals surface area contributed by atoms with Crippen LogP contribution >= 0.6 is 0 Å². The Kier molecular flexibility index (Phi) is 3.40. The molecule has 0 spiro atoms. The molecule has 19 heavy (non-hydrogen) atoms. The Balaban J connectivity index is 2.64. The Labute approximate surface area is 111 Å². The third kappa shape index (κ3) is 2.24. The van der Waals surface area contributed by atoms with Crippen LogP contribution in [0.25, 0.3) is 11.3 Å². The van der Waals surface area contributed by atoms with Gasteiger partial charge in [0.2, 0.25) is 0 Å². The summed E-state index contributed by atoms with van der Waals surface area (Å²) in [5.41, 5.74) is 3.87. The number of nitrogens with zero attached hydrogens (tertiary/aromatic N) is 1. The van der Waals surface area contributed by atoms with Gasteiger partial charge in [0.05, 0.1) is 12.6 Å². The van der Waals surface area contributed by atoms with Gasteiger partial charge in [-0.15, -0.1) is 0 Å². The van der Waals surface area contributed by atoms with Crippen LogP contribution in [0.15, 0.2) is 18.2 Å². The van der Waals surface area contributed by atoms with E-state index in [1.807, 2.05) is 25.5 Å². The quantitative estimate of drug-likeness (QED) is 0.729. The van der Waals surface area contributed by atoms with Gasteiger partial charge in [-0.2, -0.15) is 0 Å². The van der Waals surface area contributed by atoms with Gasteiger partial charge in [-0.05, 0) is 24.6 Å². The molecule has 0 bridgehead atoms. The number of aliphatic hydroxyl groups excluding tert-OH is 1. The first kappa shape index (κ1) is 13.3. The van der Waals surface area contributed by atoms with E-state index in [1.54, 1.807) is 18.2 Å². The lowest BCUT2D eigenvalue weighted by Gasteiger charge is -2.03. The van der Waals surface area contributed by atoms with Gasteiger partial charge >= 0.3 is 5.97 Å². The van der Waals surface area contributed by atoms with Crippen molar-refractivity contribution < 1.29 is 19.6 Å². The minimum absolute atomic E-state index is 0.0883. The highest BCUT2D eigenvalue weighted by Gasteiger charge is 2.21. The second-order valence-corrected chi connectivity index (χ2v) is 4.58. The van der Waals surface area contributed by atoms with E-state index in [2.05, 4.69) is 4.98 Å². The number of H-pyrrole nitrogens is 1. The average molecular weight is 261 g/mol. The van der Waals surface area contributed by atoms with Gasteiger partial charge in [0.15, 0.2) is 5.69 Å². The molecule has 0 saturated carbocycles. The molecule has 2 rings (SSSR count). The summed E-state index contributed by atoms with van der Waals surface area (Å²) >= 11 is 0. The Morgan fingerprint density at radius 3 is 2.58 bits per heavy atom. The number of hydrogen-bond donors (Lipinski definition) is 3. The minimum atomic E-state index is -0.947. The minimum Gasteiger partial charge on any atom is -0.478 e. The first-order chi connectivity index (χ1) is 8.95. The molecule has 1 aromatic heterocycles. The van der Waals surface area contributed by atoms with E-state index in [9.17, 15) is 9.90 Å². The fourth-order valence-corrected chi connectivity index (χ4v) is 2.12. The predicted molar refractivity (Wildman–Crippen MR) is 69.8 cm³/mol. The van der Waals surface area contributed by atoms with Crippen LogP contribution in [0.4, 0.5) is 0 Å². The summed E-state index contributed by atoms with van der Waals surface area (Å²) in [6.45, 7) is 3.77. The van der Waals surface area contributed by atoms with E-state index in [-0.39, 0.29) is 12.2 Å². The van der Waals surface area contributed by atoms with Gasteiger partial charge < -0.3 is 10.2 Å². The molecule has 0 fully saturated rings. The Morgan fingerprint density at radius 2 is 2.05 bits per heavy atom. The lowest BCUT2D eigenvalue weighted by Crippen LogP contribution is -2.34. The van der Waals surface area contributed by atoms with Crippen molar-refractivity contribution in [2.75, 3.05) is 0 Å². The number of aromatic carboxylic acids is 1. The highest BCUT2D eigenvalue weighted by Crippen LogP contribution is 2.25. The van der Waals surface area contributed by atoms with Crippen molar-refractivity contribution in [1.29, 1.82) is 0 Å². The number of carboxylic acid groups (broad SMARTS) is 1. The second-order valence-electron chi connectivity index (χ2n) is 4.58. The largest absolute Gasteiger partial charge is 0.478 e. The average Bonchev–Trinajstić information content (AvgIpc) is 2.66. The number of benzene rings is 1. The molecule has 0 unspecified atom stereocenters. The number of rotatable bonds is 3. The topological polar surface area (TPSA) is 77.2 Å². The summed E-state index contributed by atoms with van der Waals surface area (Å²) in [4.78, 5) is 14.2. The van der Waals surface area contributed by atoms with E-state index >= 15 is 0 Å². The number of carboxylic acids is 1. The normalized spacial score (nSPS) is 10.7. The van der Waals surface area contributed by atoms with Gasteiger partial charge in [-0.1, -0.05) is 6.07 Å². The Hall–Kier alpha value is -2.14. The molecule has 0 aliphatic rings. The van der Waals surface area contributed by atoms with Crippen molar-refractivity contribution in [3.8, 4) is 11.3 Å². The van der Waals surface area contributed by atoms with Crippen molar-refractivity contribution in [3.05, 3.63) is 40.8 Å². The molecule has 0 atom stereocenters. The van der Waals surface area contributed by atoms with Gasteiger partial charge in [-0.25, -0.2) is 14.3 Å². The second kappa shape index (κ2) is 4.85. The SMILES string of the molecule is Cc1ccc(C(=O)O)cc1-c1[nH]c(CO)[n+](C)c1C. The van der Waals surface area contributed by atoms with Crippen LogP contribution in [0.5, 0.6) is 0 Å². The van der Waals surface area contributed by atoms with Crippen molar-refractivity contribution in [2.45, 2.75) is 20.5 Å². The first-order valence-electron chi connectivity index (χ1n) is 5.98. The fourth-order valence-electron chi connectivity index (χ4n) is 2.12. The van der Waals surface area contributed by atoms with E-state index < -0.39 is 5.97 Å². The third-order valence-electron chi connectivity index (χ3n) is 3.44. The van der Waals surface area contributed by atoms with Gasteiger partial charge in [0.1, 0.15) is 12.3 Å². The van der Waals surface area contributed by atoms with Crippen molar-refractivity contribution in [2.24, 2.45) is 7.05 Å². The summed E-state index contributed by atoms with van der Waals surface area (Å²) in [7, 11) is 1.86. The molecule has 0 aliphatic heterocycles. The monoisotopic (exact) mass is 261 g/mol. The van der Waals surface area contributed by atoms with Crippen LogP contribution in [0.3, 0.4) is 0 Å². The lowest BCUT2D eigenvalue weighted by atomic mass is 10.0. The summed E-state index contributed by atoms with van der Waals surface area (Å²) in [6.07, 6.45) is 0. The number of aliphatic hydroxyl groups is 1. The summed E-state index contributed by atoms with van der Waals surface area (Å²) < 4.78 is 1.86. The fraction of sp³-hybridized carbons (Fsp3) is 0.286. The van der Waals surface area contributed by atoms with Gasteiger partial charge in [0.25, 0.3) is 5.82 Å². The molecule has 0 aliphatic carbocycles. The molecule has 1 aromatic carbocycles. The molecule has 100 valence electrons. The number of carbonyl (C=O) groups is 1. The van der Waals surface area contributed by atoms with E-state index in [4.69, 9.17) is 5.11 Å². The van der Waals surface area contributed by atoms with Crippen LogP contribution < -0.4 is 4.57 Å². The molecular formula is C14H17N2O3+. The first-order valence-corrected chi connectivity index (χ1v) is 5.98. The number of imidazole rings is 1. The highest BCUT2D eigenvalue weighted by molar-refractivity contribution is 5.89. The molecule has 0 saturated heterocycles. The zero-order valence-electron chi connectivity index (χ0n) is 11.2. The van der Waals surface area contributed by atoms with Crippen LogP contribution in [-0.4, -0.2) is 21.2 Å². The zero-order valence-corrected chi connectivity index (χ0v) is 11.2. The summed E-state index contributed by atoms with van der Waals surface area (Å²) in [5, 5.41) is 18.3. The van der Waals surface area contributed by atoms with Gasteiger partial charge in [0, 0.05) is 12.5 Å². The molecule has 5 heteroatoms. The molecule has 0 radical (unpaired) electrons.